The number of nitrogens with zero attached hydrogens (tertiary/aromatic N) is 1. The van der Waals surface area contributed by atoms with Gasteiger partial charge in [0, 0.05) is 6.04 Å². The lowest BCUT2D eigenvalue weighted by Gasteiger charge is -2.26. The maximum atomic E-state index is 11.4. The van der Waals surface area contributed by atoms with Gasteiger partial charge in [-0.15, -0.1) is 0 Å². The molecule has 4 heteroatoms. The zero-order valence-electron chi connectivity index (χ0n) is 9.93. The van der Waals surface area contributed by atoms with Crippen molar-refractivity contribution in [2.45, 2.75) is 26.8 Å². The number of carbonyl (C=O) groups excluding carboxylic acids is 1. The molecule has 0 fully saturated rings. The van der Waals surface area contributed by atoms with E-state index >= 15 is 0 Å². The molecule has 4 nitrogen and oxygen atoms in total. The highest BCUT2D eigenvalue weighted by Gasteiger charge is 2.19. The van der Waals surface area contributed by atoms with Crippen molar-refractivity contribution in [3.63, 3.8) is 0 Å². The number of hydrogen-bond donors (Lipinski definition) is 1. The molecule has 0 aliphatic carbocycles. The van der Waals surface area contributed by atoms with Crippen LogP contribution in [0.25, 0.3) is 0 Å². The van der Waals surface area contributed by atoms with E-state index in [1.807, 2.05) is 45.0 Å². The second-order valence-electron chi connectivity index (χ2n) is 3.70. The van der Waals surface area contributed by atoms with Crippen molar-refractivity contribution >= 4 is 11.7 Å². The molecule has 2 amide bonds. The predicted octanol–water partition coefficient (Wildman–Crippen LogP) is 2.38. The first-order chi connectivity index (χ1) is 7.57. The molecule has 1 aromatic carbocycles. The highest BCUT2D eigenvalue weighted by atomic mass is 16.5. The molecule has 0 spiro atoms. The molecule has 0 atom stereocenters. The van der Waals surface area contributed by atoms with Crippen molar-refractivity contribution in [1.29, 1.82) is 0 Å². The van der Waals surface area contributed by atoms with Gasteiger partial charge in [-0.1, -0.05) is 12.1 Å². The smallest absolute Gasteiger partial charge is 0.319 e. The highest BCUT2D eigenvalue weighted by molar-refractivity contribution is 5.92. The molecule has 0 aliphatic heterocycles. The van der Waals surface area contributed by atoms with Crippen LogP contribution in [0.15, 0.2) is 24.3 Å². The number of urea groups is 1. The van der Waals surface area contributed by atoms with Crippen LogP contribution >= 0.6 is 0 Å². The SMILES string of the molecule is CCOc1ccccc1N(C(N)=O)C(C)C. The minimum absolute atomic E-state index is 0.000828. The Labute approximate surface area is 96.0 Å². The number of anilines is 1. The number of benzene rings is 1. The Bertz CT molecular complexity index is 364. The van der Waals surface area contributed by atoms with Crippen LogP contribution in [-0.2, 0) is 0 Å². The molecule has 0 bridgehead atoms. The molecular weight excluding hydrogens is 204 g/mol. The Balaban J connectivity index is 3.12. The summed E-state index contributed by atoms with van der Waals surface area (Å²) in [5.41, 5.74) is 6.08. The van der Waals surface area contributed by atoms with E-state index < -0.39 is 6.03 Å². The number of ether oxygens (including phenoxy) is 1. The third-order valence-electron chi connectivity index (χ3n) is 2.18. The summed E-state index contributed by atoms with van der Waals surface area (Å²) in [6.45, 7) is 6.28. The van der Waals surface area contributed by atoms with Gasteiger partial charge in [-0.25, -0.2) is 4.79 Å². The zero-order chi connectivity index (χ0) is 12.1. The summed E-state index contributed by atoms with van der Waals surface area (Å²) in [6, 6.07) is 6.91. The number of para-hydroxylation sites is 2. The van der Waals surface area contributed by atoms with Gasteiger partial charge in [0.25, 0.3) is 0 Å². The molecule has 2 N–H and O–H groups in total. The van der Waals surface area contributed by atoms with Crippen molar-refractivity contribution in [3.05, 3.63) is 24.3 Å². The van der Waals surface area contributed by atoms with E-state index in [0.29, 0.717) is 18.0 Å². The molecule has 0 aromatic heterocycles. The molecule has 0 saturated heterocycles. The number of hydrogen-bond acceptors (Lipinski definition) is 2. The van der Waals surface area contributed by atoms with Gasteiger partial charge in [0.2, 0.25) is 0 Å². The summed E-state index contributed by atoms with van der Waals surface area (Å²) in [6.07, 6.45) is 0. The quantitative estimate of drug-likeness (QED) is 0.850. The summed E-state index contributed by atoms with van der Waals surface area (Å²) in [5, 5.41) is 0. The highest BCUT2D eigenvalue weighted by Crippen LogP contribution is 2.29. The Morgan fingerprint density at radius 3 is 2.56 bits per heavy atom. The first-order valence-corrected chi connectivity index (χ1v) is 5.38. The van der Waals surface area contributed by atoms with Crippen LogP contribution in [0.1, 0.15) is 20.8 Å². The Morgan fingerprint density at radius 2 is 2.06 bits per heavy atom. The topological polar surface area (TPSA) is 55.6 Å². The molecule has 1 aromatic rings. The average Bonchev–Trinajstić information content (AvgIpc) is 2.20. The first-order valence-electron chi connectivity index (χ1n) is 5.38. The van der Waals surface area contributed by atoms with Gasteiger partial charge >= 0.3 is 6.03 Å². The van der Waals surface area contributed by atoms with Gasteiger partial charge in [-0.05, 0) is 32.9 Å². The van der Waals surface area contributed by atoms with Crippen LogP contribution < -0.4 is 15.4 Å². The van der Waals surface area contributed by atoms with Crippen molar-refractivity contribution in [3.8, 4) is 5.75 Å². The van der Waals surface area contributed by atoms with Crippen molar-refractivity contribution in [2.24, 2.45) is 5.73 Å². The fourth-order valence-corrected chi connectivity index (χ4v) is 1.59. The minimum atomic E-state index is -0.470. The van der Waals surface area contributed by atoms with Crippen LogP contribution in [0.3, 0.4) is 0 Å². The van der Waals surface area contributed by atoms with Crippen molar-refractivity contribution < 1.29 is 9.53 Å². The van der Waals surface area contributed by atoms with E-state index in [2.05, 4.69) is 0 Å². The first kappa shape index (κ1) is 12.4. The van der Waals surface area contributed by atoms with Gasteiger partial charge in [0.1, 0.15) is 5.75 Å². The molecule has 0 saturated carbocycles. The standard InChI is InChI=1S/C12H18N2O2/c1-4-16-11-8-6-5-7-10(11)14(9(2)3)12(13)15/h5-9H,4H2,1-3H3,(H2,13,15). The van der Waals surface area contributed by atoms with Crippen LogP contribution in [0.4, 0.5) is 10.5 Å². The molecule has 0 radical (unpaired) electrons. The van der Waals surface area contributed by atoms with Gasteiger partial charge in [0.15, 0.2) is 0 Å². The lowest BCUT2D eigenvalue weighted by Crippen LogP contribution is -2.41. The van der Waals surface area contributed by atoms with Gasteiger partial charge in [-0.2, -0.15) is 0 Å². The van der Waals surface area contributed by atoms with E-state index in [1.54, 1.807) is 0 Å². The lowest BCUT2D eigenvalue weighted by atomic mass is 10.2. The molecule has 0 unspecified atom stereocenters. The van der Waals surface area contributed by atoms with Crippen LogP contribution in [0.2, 0.25) is 0 Å². The summed E-state index contributed by atoms with van der Waals surface area (Å²) in [5.74, 6) is 0.678. The van der Waals surface area contributed by atoms with E-state index in [1.165, 1.54) is 4.90 Å². The summed E-state index contributed by atoms with van der Waals surface area (Å²) >= 11 is 0. The maximum absolute atomic E-state index is 11.4. The monoisotopic (exact) mass is 222 g/mol. The minimum Gasteiger partial charge on any atom is -0.492 e. The van der Waals surface area contributed by atoms with Crippen molar-refractivity contribution in [1.82, 2.24) is 0 Å². The fourth-order valence-electron chi connectivity index (χ4n) is 1.59. The molecule has 16 heavy (non-hydrogen) atoms. The molecule has 0 heterocycles. The second kappa shape index (κ2) is 5.39. The molecule has 1 rings (SSSR count). The lowest BCUT2D eigenvalue weighted by molar-refractivity contribution is 0.252. The fraction of sp³-hybridized carbons (Fsp3) is 0.417. The van der Waals surface area contributed by atoms with Gasteiger partial charge < -0.3 is 10.5 Å². The largest absolute Gasteiger partial charge is 0.492 e. The maximum Gasteiger partial charge on any atom is 0.319 e. The molecule has 88 valence electrons. The van der Waals surface area contributed by atoms with E-state index in [0.717, 1.165) is 0 Å². The average molecular weight is 222 g/mol. The zero-order valence-corrected chi connectivity index (χ0v) is 9.93. The number of primary amides is 1. The van der Waals surface area contributed by atoms with E-state index in [-0.39, 0.29) is 6.04 Å². The number of nitrogens with two attached hydrogens (primary N) is 1. The third-order valence-corrected chi connectivity index (χ3v) is 2.18. The van der Waals surface area contributed by atoms with E-state index in [4.69, 9.17) is 10.5 Å². The third kappa shape index (κ3) is 2.66. The Morgan fingerprint density at radius 1 is 1.44 bits per heavy atom. The van der Waals surface area contributed by atoms with Crippen LogP contribution in [-0.4, -0.2) is 18.7 Å². The Kier molecular flexibility index (Phi) is 4.17. The van der Waals surface area contributed by atoms with Gasteiger partial charge in [0.05, 0.1) is 12.3 Å². The normalized spacial score (nSPS) is 10.2. The van der Waals surface area contributed by atoms with Gasteiger partial charge in [-0.3, -0.25) is 4.90 Å². The van der Waals surface area contributed by atoms with Crippen LogP contribution in [0, 0.1) is 0 Å². The summed E-state index contributed by atoms with van der Waals surface area (Å²) < 4.78 is 5.47. The summed E-state index contributed by atoms with van der Waals surface area (Å²) in [7, 11) is 0. The predicted molar refractivity (Wildman–Crippen MR) is 64.8 cm³/mol. The second-order valence-corrected chi connectivity index (χ2v) is 3.70. The number of carbonyl (C=O) groups is 1. The molecular formula is C12H18N2O2. The number of rotatable bonds is 4. The van der Waals surface area contributed by atoms with Crippen LogP contribution in [0.5, 0.6) is 5.75 Å². The molecule has 0 aliphatic rings. The van der Waals surface area contributed by atoms with E-state index in [9.17, 15) is 4.79 Å². The van der Waals surface area contributed by atoms with Crippen molar-refractivity contribution in [2.75, 3.05) is 11.5 Å². The Hall–Kier alpha value is -1.71. The number of amides is 2. The summed E-state index contributed by atoms with van der Waals surface area (Å²) in [4.78, 5) is 12.9.